The molecule has 0 aromatic carbocycles. The van der Waals surface area contributed by atoms with Gasteiger partial charge >= 0.3 is 0 Å². The first-order valence-corrected chi connectivity index (χ1v) is 8.04. The van der Waals surface area contributed by atoms with Crippen molar-refractivity contribution in [2.75, 3.05) is 11.9 Å². The van der Waals surface area contributed by atoms with Gasteiger partial charge in [0, 0.05) is 35.6 Å². The number of aryl methyl sites for hydroxylation is 1. The molecule has 0 saturated heterocycles. The molecule has 104 valence electrons. The van der Waals surface area contributed by atoms with E-state index in [0.717, 1.165) is 23.9 Å². The molecule has 4 nitrogen and oxygen atoms in total. The summed E-state index contributed by atoms with van der Waals surface area (Å²) in [5, 5.41) is 4.48. The molecule has 2 rings (SSSR count). The van der Waals surface area contributed by atoms with E-state index in [1.807, 2.05) is 11.7 Å². The summed E-state index contributed by atoms with van der Waals surface area (Å²) in [6.45, 7) is 8.13. The molecule has 0 atom stereocenters. The smallest absolute Gasteiger partial charge is 0.185 e. The molecule has 0 fully saturated rings. The molecule has 0 amide bonds. The Kier molecular flexibility index (Phi) is 4.90. The Bertz CT molecular complexity index is 518. The zero-order valence-electron chi connectivity index (χ0n) is 11.8. The van der Waals surface area contributed by atoms with E-state index in [2.05, 4.69) is 48.0 Å². The Morgan fingerprint density at radius 2 is 2.16 bits per heavy atom. The van der Waals surface area contributed by atoms with E-state index in [1.54, 1.807) is 22.7 Å². The van der Waals surface area contributed by atoms with Gasteiger partial charge in [-0.15, -0.1) is 22.7 Å². The van der Waals surface area contributed by atoms with Crippen molar-refractivity contribution in [3.05, 3.63) is 27.2 Å². The Balaban J connectivity index is 1.96. The normalized spacial score (nSPS) is 11.2. The number of nitrogens with one attached hydrogen (secondary N) is 1. The molecule has 2 aromatic rings. The minimum absolute atomic E-state index is 0.503. The standard InChI is InChI=1S/C13H20N4S2/c1-9(2)14-5-11-6-15-13(19-11)17(4)7-12-10(3)16-8-18-12/h6,8-9,14H,5,7H2,1-4H3. The average Bonchev–Trinajstić information content (AvgIpc) is 2.97. The Morgan fingerprint density at radius 3 is 2.79 bits per heavy atom. The topological polar surface area (TPSA) is 41.1 Å². The molecule has 0 bridgehead atoms. The highest BCUT2D eigenvalue weighted by molar-refractivity contribution is 7.15. The van der Waals surface area contributed by atoms with Crippen LogP contribution in [0.4, 0.5) is 5.13 Å². The maximum absolute atomic E-state index is 4.49. The summed E-state index contributed by atoms with van der Waals surface area (Å²) in [5.41, 5.74) is 3.02. The molecule has 2 heterocycles. The molecule has 0 aliphatic rings. The minimum Gasteiger partial charge on any atom is -0.346 e. The fourth-order valence-corrected chi connectivity index (χ4v) is 3.27. The molecule has 0 aliphatic carbocycles. The molecule has 0 spiro atoms. The van der Waals surface area contributed by atoms with E-state index in [-0.39, 0.29) is 0 Å². The third-order valence-corrected chi connectivity index (χ3v) is 4.81. The van der Waals surface area contributed by atoms with Crippen LogP contribution in [0.1, 0.15) is 29.3 Å². The lowest BCUT2D eigenvalue weighted by Crippen LogP contribution is -2.21. The van der Waals surface area contributed by atoms with Crippen LogP contribution in [0.3, 0.4) is 0 Å². The van der Waals surface area contributed by atoms with Gasteiger partial charge in [-0.1, -0.05) is 13.8 Å². The molecule has 2 aromatic heterocycles. The van der Waals surface area contributed by atoms with Crippen molar-refractivity contribution < 1.29 is 0 Å². The number of hydrogen-bond acceptors (Lipinski definition) is 6. The summed E-state index contributed by atoms with van der Waals surface area (Å²) < 4.78 is 0. The predicted octanol–water partition coefficient (Wildman–Crippen LogP) is 3.04. The van der Waals surface area contributed by atoms with Crippen molar-refractivity contribution >= 4 is 27.8 Å². The van der Waals surface area contributed by atoms with Gasteiger partial charge in [-0.3, -0.25) is 0 Å². The molecule has 0 radical (unpaired) electrons. The summed E-state index contributed by atoms with van der Waals surface area (Å²) in [4.78, 5) is 13.5. The summed E-state index contributed by atoms with van der Waals surface area (Å²) in [5.74, 6) is 0. The van der Waals surface area contributed by atoms with E-state index < -0.39 is 0 Å². The Labute approximate surface area is 122 Å². The summed E-state index contributed by atoms with van der Waals surface area (Å²) in [6, 6.07) is 0.503. The van der Waals surface area contributed by atoms with Crippen LogP contribution < -0.4 is 10.2 Å². The van der Waals surface area contributed by atoms with Crippen LogP contribution in [0.5, 0.6) is 0 Å². The third-order valence-electron chi connectivity index (χ3n) is 2.78. The average molecular weight is 296 g/mol. The van der Waals surface area contributed by atoms with Gasteiger partial charge in [0.15, 0.2) is 5.13 Å². The molecule has 1 N–H and O–H groups in total. The highest BCUT2D eigenvalue weighted by Crippen LogP contribution is 2.24. The van der Waals surface area contributed by atoms with E-state index in [9.17, 15) is 0 Å². The zero-order chi connectivity index (χ0) is 13.8. The Morgan fingerprint density at radius 1 is 1.37 bits per heavy atom. The van der Waals surface area contributed by atoms with Gasteiger partial charge in [-0.2, -0.15) is 0 Å². The van der Waals surface area contributed by atoms with Crippen molar-refractivity contribution in [2.45, 2.75) is 39.9 Å². The van der Waals surface area contributed by atoms with E-state index in [1.165, 1.54) is 9.75 Å². The van der Waals surface area contributed by atoms with Gasteiger partial charge in [0.2, 0.25) is 0 Å². The first kappa shape index (κ1) is 14.4. The first-order chi connectivity index (χ1) is 9.06. The van der Waals surface area contributed by atoms with Gasteiger partial charge in [0.25, 0.3) is 0 Å². The second-order valence-electron chi connectivity index (χ2n) is 4.86. The second kappa shape index (κ2) is 6.45. The van der Waals surface area contributed by atoms with Gasteiger partial charge < -0.3 is 10.2 Å². The highest BCUT2D eigenvalue weighted by Gasteiger charge is 2.10. The lowest BCUT2D eigenvalue weighted by molar-refractivity contribution is 0.593. The quantitative estimate of drug-likeness (QED) is 0.889. The van der Waals surface area contributed by atoms with Crippen LogP contribution >= 0.6 is 22.7 Å². The van der Waals surface area contributed by atoms with Crippen molar-refractivity contribution in [3.63, 3.8) is 0 Å². The van der Waals surface area contributed by atoms with E-state index >= 15 is 0 Å². The number of anilines is 1. The third kappa shape index (κ3) is 3.99. The molecular formula is C13H20N4S2. The van der Waals surface area contributed by atoms with Crippen molar-refractivity contribution in [2.24, 2.45) is 0 Å². The number of rotatable bonds is 6. The first-order valence-electron chi connectivity index (χ1n) is 6.34. The van der Waals surface area contributed by atoms with Gasteiger partial charge in [0.05, 0.1) is 17.7 Å². The number of hydrogen-bond donors (Lipinski definition) is 1. The molecule has 0 saturated carbocycles. The van der Waals surface area contributed by atoms with Crippen LogP contribution in [0.2, 0.25) is 0 Å². The fourth-order valence-electron chi connectivity index (χ4n) is 1.62. The van der Waals surface area contributed by atoms with Crippen LogP contribution in [0.25, 0.3) is 0 Å². The second-order valence-corrected chi connectivity index (χ2v) is 6.89. The van der Waals surface area contributed by atoms with Crippen molar-refractivity contribution in [1.82, 2.24) is 15.3 Å². The largest absolute Gasteiger partial charge is 0.346 e. The lowest BCUT2D eigenvalue weighted by atomic mass is 10.4. The number of aromatic nitrogens is 2. The molecule has 0 unspecified atom stereocenters. The van der Waals surface area contributed by atoms with Crippen LogP contribution in [-0.2, 0) is 13.1 Å². The zero-order valence-corrected chi connectivity index (χ0v) is 13.4. The molecule has 19 heavy (non-hydrogen) atoms. The lowest BCUT2D eigenvalue weighted by Gasteiger charge is -2.14. The van der Waals surface area contributed by atoms with Gasteiger partial charge in [-0.25, -0.2) is 9.97 Å². The van der Waals surface area contributed by atoms with E-state index in [0.29, 0.717) is 6.04 Å². The summed E-state index contributed by atoms with van der Waals surface area (Å²) >= 11 is 3.45. The molecule has 6 heteroatoms. The maximum atomic E-state index is 4.49. The van der Waals surface area contributed by atoms with Crippen molar-refractivity contribution in [1.29, 1.82) is 0 Å². The van der Waals surface area contributed by atoms with Gasteiger partial charge in [0.1, 0.15) is 0 Å². The predicted molar refractivity (Wildman–Crippen MR) is 83.0 cm³/mol. The monoisotopic (exact) mass is 296 g/mol. The van der Waals surface area contributed by atoms with Crippen LogP contribution in [0, 0.1) is 6.92 Å². The highest BCUT2D eigenvalue weighted by atomic mass is 32.1. The SMILES string of the molecule is Cc1ncsc1CN(C)c1ncc(CNC(C)C)s1. The van der Waals surface area contributed by atoms with Crippen LogP contribution in [-0.4, -0.2) is 23.1 Å². The number of thiazole rings is 2. The minimum atomic E-state index is 0.503. The van der Waals surface area contributed by atoms with Gasteiger partial charge in [-0.05, 0) is 6.92 Å². The maximum Gasteiger partial charge on any atom is 0.185 e. The fraction of sp³-hybridized carbons (Fsp3) is 0.538. The van der Waals surface area contributed by atoms with Crippen molar-refractivity contribution in [3.8, 4) is 0 Å². The Hall–Kier alpha value is -0.980. The molecule has 0 aliphatic heterocycles. The van der Waals surface area contributed by atoms with Crippen LogP contribution in [0.15, 0.2) is 11.7 Å². The number of nitrogens with zero attached hydrogens (tertiary/aromatic N) is 3. The van der Waals surface area contributed by atoms with E-state index in [4.69, 9.17) is 0 Å². The summed E-state index contributed by atoms with van der Waals surface area (Å²) in [6.07, 6.45) is 1.96. The molecular weight excluding hydrogens is 276 g/mol. The summed E-state index contributed by atoms with van der Waals surface area (Å²) in [7, 11) is 2.08.